The van der Waals surface area contributed by atoms with Crippen LogP contribution >= 0.6 is 27.0 Å². The predicted octanol–water partition coefficient (Wildman–Crippen LogP) is 5.09. The van der Waals surface area contributed by atoms with Crippen LogP contribution < -0.4 is 10.6 Å². The lowest BCUT2D eigenvalue weighted by molar-refractivity contribution is -0.141. The first kappa shape index (κ1) is 28.2. The van der Waals surface area contributed by atoms with E-state index in [1.165, 1.54) is 12.1 Å². The lowest BCUT2D eigenvalue weighted by Gasteiger charge is -2.20. The molecule has 0 aromatic carbocycles. The number of aromatic nitrogens is 4. The first-order valence-electron chi connectivity index (χ1n) is 9.31. The molecule has 2 heterocycles. The van der Waals surface area contributed by atoms with Gasteiger partial charge in [-0.25, -0.2) is 4.98 Å². The summed E-state index contributed by atoms with van der Waals surface area (Å²) in [5.41, 5.74) is -0.946. The third-order valence-corrected chi connectivity index (χ3v) is 4.62. The van der Waals surface area contributed by atoms with Crippen LogP contribution in [0.15, 0.2) is 18.2 Å². The Bertz CT molecular complexity index is 768. The fourth-order valence-electron chi connectivity index (χ4n) is 2.08. The molecule has 2 aromatic rings. The van der Waals surface area contributed by atoms with E-state index in [0.717, 1.165) is 6.07 Å². The standard InChI is InChI=1S/C19H27F3N6.2H2S/c1-10(2)12(5)23-17-26-16(27-18(28-17)24-13(6)11(3)4)14-8-7-9-15(25-14)19(20,21)22;;/h7-13H,1-6H3,(H2,23,24,26,27,28);2*1H2/t12-,13-;;/m0../s1. The molecule has 2 aromatic heterocycles. The van der Waals surface area contributed by atoms with Gasteiger partial charge >= 0.3 is 6.18 Å². The maximum absolute atomic E-state index is 13.0. The molecule has 2 rings (SSSR count). The van der Waals surface area contributed by atoms with Gasteiger partial charge in [0.15, 0.2) is 5.82 Å². The Labute approximate surface area is 189 Å². The van der Waals surface area contributed by atoms with Crippen LogP contribution in [0.3, 0.4) is 0 Å². The Morgan fingerprint density at radius 1 is 0.733 bits per heavy atom. The molecule has 0 aliphatic carbocycles. The Morgan fingerprint density at radius 2 is 1.20 bits per heavy atom. The van der Waals surface area contributed by atoms with Crippen molar-refractivity contribution >= 4 is 38.9 Å². The van der Waals surface area contributed by atoms with Crippen molar-refractivity contribution in [2.24, 2.45) is 11.8 Å². The van der Waals surface area contributed by atoms with Gasteiger partial charge in [0.25, 0.3) is 0 Å². The van der Waals surface area contributed by atoms with Crippen LogP contribution in [0, 0.1) is 11.8 Å². The second-order valence-corrected chi connectivity index (χ2v) is 7.57. The Hall–Kier alpha value is -1.75. The minimum atomic E-state index is -4.54. The minimum absolute atomic E-state index is 0. The molecule has 2 atom stereocenters. The molecule has 170 valence electrons. The van der Waals surface area contributed by atoms with Gasteiger partial charge in [0, 0.05) is 12.1 Å². The van der Waals surface area contributed by atoms with Crippen molar-refractivity contribution < 1.29 is 13.2 Å². The molecule has 0 aliphatic heterocycles. The van der Waals surface area contributed by atoms with Gasteiger partial charge in [0.1, 0.15) is 11.4 Å². The molecule has 0 radical (unpaired) electrons. The fraction of sp³-hybridized carbons (Fsp3) is 0.579. The topological polar surface area (TPSA) is 75.6 Å². The van der Waals surface area contributed by atoms with Crippen molar-refractivity contribution in [1.82, 2.24) is 19.9 Å². The maximum atomic E-state index is 13.0. The number of nitrogens with one attached hydrogen (secondary N) is 2. The van der Waals surface area contributed by atoms with E-state index in [9.17, 15) is 13.2 Å². The molecule has 6 nitrogen and oxygen atoms in total. The molecule has 11 heteroatoms. The van der Waals surface area contributed by atoms with Crippen LogP contribution in [0.2, 0.25) is 0 Å². The van der Waals surface area contributed by atoms with Crippen LogP contribution in [0.1, 0.15) is 47.2 Å². The van der Waals surface area contributed by atoms with Crippen molar-refractivity contribution in [3.63, 3.8) is 0 Å². The normalized spacial score (nSPS) is 13.3. The molecule has 0 fully saturated rings. The highest BCUT2D eigenvalue weighted by atomic mass is 32.1. The van der Waals surface area contributed by atoms with Gasteiger partial charge in [-0.15, -0.1) is 0 Å². The van der Waals surface area contributed by atoms with Gasteiger partial charge in [0.2, 0.25) is 11.9 Å². The minimum Gasteiger partial charge on any atom is -0.351 e. The van der Waals surface area contributed by atoms with Crippen molar-refractivity contribution in [2.75, 3.05) is 10.6 Å². The summed E-state index contributed by atoms with van der Waals surface area (Å²) in [6.45, 7) is 12.2. The van der Waals surface area contributed by atoms with Gasteiger partial charge < -0.3 is 10.6 Å². The number of hydrogen-bond acceptors (Lipinski definition) is 6. The Kier molecular flexibility index (Phi) is 10.9. The molecular formula is C19H31F3N6S2. The van der Waals surface area contributed by atoms with Crippen molar-refractivity contribution in [3.05, 3.63) is 23.9 Å². The summed E-state index contributed by atoms with van der Waals surface area (Å²) in [6, 6.07) is 3.81. The quantitative estimate of drug-likeness (QED) is 0.594. The van der Waals surface area contributed by atoms with E-state index in [2.05, 4.69) is 30.6 Å². The number of pyridine rings is 1. The van der Waals surface area contributed by atoms with E-state index in [0.29, 0.717) is 23.7 Å². The molecule has 0 aliphatic rings. The zero-order chi connectivity index (χ0) is 21.1. The number of halogens is 3. The van der Waals surface area contributed by atoms with E-state index < -0.39 is 11.9 Å². The van der Waals surface area contributed by atoms with Gasteiger partial charge in [-0.3, -0.25) is 0 Å². The average Bonchev–Trinajstić information content (AvgIpc) is 2.60. The molecule has 2 N–H and O–H groups in total. The summed E-state index contributed by atoms with van der Waals surface area (Å²) in [5, 5.41) is 6.37. The lowest BCUT2D eigenvalue weighted by Crippen LogP contribution is -2.26. The molecule has 0 bridgehead atoms. The second-order valence-electron chi connectivity index (χ2n) is 7.57. The van der Waals surface area contributed by atoms with E-state index in [1.54, 1.807) is 0 Å². The molecule has 0 spiro atoms. The molecule has 0 saturated heterocycles. The second kappa shape index (κ2) is 11.6. The zero-order valence-corrected chi connectivity index (χ0v) is 20.0. The third kappa shape index (κ3) is 7.82. The largest absolute Gasteiger partial charge is 0.433 e. The van der Waals surface area contributed by atoms with Crippen LogP contribution in [-0.2, 0) is 6.18 Å². The SMILES string of the molecule is CC(C)[C@H](C)Nc1nc(N[C@@H](C)C(C)C)nc(-c2cccc(C(F)(F)F)n2)n1.S.S. The summed E-state index contributed by atoms with van der Waals surface area (Å²) in [7, 11) is 0. The maximum Gasteiger partial charge on any atom is 0.433 e. The number of rotatable bonds is 7. The monoisotopic (exact) mass is 464 g/mol. The highest BCUT2D eigenvalue weighted by molar-refractivity contribution is 7.59. The van der Waals surface area contributed by atoms with Gasteiger partial charge in [-0.05, 0) is 37.8 Å². The number of alkyl halides is 3. The fourth-order valence-corrected chi connectivity index (χ4v) is 2.08. The highest BCUT2D eigenvalue weighted by Crippen LogP contribution is 2.29. The van der Waals surface area contributed by atoms with Gasteiger partial charge in [-0.2, -0.15) is 55.1 Å². The summed E-state index contributed by atoms with van der Waals surface area (Å²) < 4.78 is 39.1. The van der Waals surface area contributed by atoms with Crippen LogP contribution in [0.4, 0.5) is 25.1 Å². The van der Waals surface area contributed by atoms with Crippen molar-refractivity contribution in [2.45, 2.75) is 59.8 Å². The molecule has 0 amide bonds. The van der Waals surface area contributed by atoms with Gasteiger partial charge in [-0.1, -0.05) is 33.8 Å². The highest BCUT2D eigenvalue weighted by Gasteiger charge is 2.32. The van der Waals surface area contributed by atoms with Crippen molar-refractivity contribution in [3.8, 4) is 11.5 Å². The van der Waals surface area contributed by atoms with E-state index in [-0.39, 0.29) is 50.6 Å². The predicted molar refractivity (Wildman–Crippen MR) is 125 cm³/mol. The summed E-state index contributed by atoms with van der Waals surface area (Å²) in [5.74, 6) is 1.31. The zero-order valence-electron chi connectivity index (χ0n) is 18.0. The van der Waals surface area contributed by atoms with Crippen LogP contribution in [-0.4, -0.2) is 32.0 Å². The lowest BCUT2D eigenvalue weighted by atomic mass is 10.1. The molecule has 0 unspecified atom stereocenters. The molecular weight excluding hydrogens is 433 g/mol. The molecule has 30 heavy (non-hydrogen) atoms. The van der Waals surface area contributed by atoms with Crippen LogP contribution in [0.5, 0.6) is 0 Å². The summed E-state index contributed by atoms with van der Waals surface area (Å²) in [4.78, 5) is 16.7. The molecule has 0 saturated carbocycles. The van der Waals surface area contributed by atoms with E-state index in [1.807, 2.05) is 41.5 Å². The first-order chi connectivity index (χ1) is 13.0. The number of nitrogens with zero attached hydrogens (tertiary/aromatic N) is 4. The Morgan fingerprint density at radius 3 is 1.60 bits per heavy atom. The van der Waals surface area contributed by atoms with E-state index >= 15 is 0 Å². The average molecular weight is 465 g/mol. The first-order valence-corrected chi connectivity index (χ1v) is 9.31. The van der Waals surface area contributed by atoms with Crippen molar-refractivity contribution in [1.29, 1.82) is 0 Å². The smallest absolute Gasteiger partial charge is 0.351 e. The summed E-state index contributed by atoms with van der Waals surface area (Å²) in [6.07, 6.45) is -4.54. The number of anilines is 2. The summed E-state index contributed by atoms with van der Waals surface area (Å²) >= 11 is 0. The Balaban J connectivity index is 0.00000420. The third-order valence-electron chi connectivity index (χ3n) is 4.62. The van der Waals surface area contributed by atoms with Gasteiger partial charge in [0.05, 0.1) is 0 Å². The van der Waals surface area contributed by atoms with Crippen LogP contribution in [0.25, 0.3) is 11.5 Å². The number of hydrogen-bond donors (Lipinski definition) is 2. The van der Waals surface area contributed by atoms with E-state index in [4.69, 9.17) is 0 Å².